The van der Waals surface area contributed by atoms with Crippen LogP contribution in [-0.2, 0) is 17.9 Å². The first-order chi connectivity index (χ1) is 11.6. The number of aryl methyl sites for hydroxylation is 1. The molecule has 1 aliphatic heterocycles. The molecule has 1 fully saturated rings. The molecule has 128 valence electrons. The molecule has 0 bridgehead atoms. The summed E-state index contributed by atoms with van der Waals surface area (Å²) in [5, 5.41) is 14.9. The van der Waals surface area contributed by atoms with Crippen molar-refractivity contribution in [3.05, 3.63) is 40.3 Å². The van der Waals surface area contributed by atoms with Crippen molar-refractivity contribution in [1.29, 1.82) is 0 Å². The fraction of sp³-hybridized carbons (Fsp3) is 0.438. The molecule has 2 aromatic rings. The number of carboxylic acids is 1. The third-order valence-electron chi connectivity index (χ3n) is 4.12. The maximum Gasteiger partial charge on any atom is 0.338 e. The predicted molar refractivity (Wildman–Crippen MR) is 90.0 cm³/mol. The second-order valence-corrected chi connectivity index (χ2v) is 6.82. The van der Waals surface area contributed by atoms with E-state index in [1.807, 2.05) is 4.90 Å². The number of aromatic nitrogens is 2. The largest absolute Gasteiger partial charge is 0.478 e. The van der Waals surface area contributed by atoms with Gasteiger partial charge in [-0.05, 0) is 11.4 Å². The minimum atomic E-state index is -1.01. The van der Waals surface area contributed by atoms with Crippen LogP contribution in [-0.4, -0.2) is 62.7 Å². The number of nitrogens with zero attached hydrogens (tertiary/aromatic N) is 4. The molecule has 0 aromatic carbocycles. The highest BCUT2D eigenvalue weighted by Crippen LogP contribution is 2.14. The fourth-order valence-electron chi connectivity index (χ4n) is 2.74. The Morgan fingerprint density at radius 3 is 2.67 bits per heavy atom. The van der Waals surface area contributed by atoms with Crippen LogP contribution in [0.15, 0.2) is 29.9 Å². The maximum atomic E-state index is 12.3. The minimum absolute atomic E-state index is 0.0955. The first-order valence-electron chi connectivity index (χ1n) is 7.90. The highest BCUT2D eigenvalue weighted by atomic mass is 32.1. The van der Waals surface area contributed by atoms with Crippen molar-refractivity contribution in [3.63, 3.8) is 0 Å². The van der Waals surface area contributed by atoms with Gasteiger partial charge in [-0.2, -0.15) is 5.10 Å². The van der Waals surface area contributed by atoms with Crippen molar-refractivity contribution in [1.82, 2.24) is 19.6 Å². The summed E-state index contributed by atoms with van der Waals surface area (Å²) in [6, 6.07) is 4.20. The topological polar surface area (TPSA) is 78.7 Å². The third kappa shape index (κ3) is 4.21. The Kier molecular flexibility index (Phi) is 5.27. The van der Waals surface area contributed by atoms with Crippen molar-refractivity contribution < 1.29 is 14.7 Å². The van der Waals surface area contributed by atoms with E-state index in [4.69, 9.17) is 5.11 Å². The van der Waals surface area contributed by atoms with Crippen molar-refractivity contribution in [3.8, 4) is 0 Å². The monoisotopic (exact) mass is 348 g/mol. The van der Waals surface area contributed by atoms with Crippen LogP contribution < -0.4 is 0 Å². The van der Waals surface area contributed by atoms with Gasteiger partial charge < -0.3 is 10.0 Å². The number of aromatic carboxylic acids is 1. The van der Waals surface area contributed by atoms with Gasteiger partial charge in [-0.1, -0.05) is 6.07 Å². The summed E-state index contributed by atoms with van der Waals surface area (Å²) in [5.41, 5.74) is 0.143. The summed E-state index contributed by atoms with van der Waals surface area (Å²) >= 11 is 1.76. The lowest BCUT2D eigenvalue weighted by molar-refractivity contribution is -0.133. The van der Waals surface area contributed by atoms with E-state index in [0.29, 0.717) is 13.0 Å². The third-order valence-corrected chi connectivity index (χ3v) is 4.98. The molecule has 7 nitrogen and oxygen atoms in total. The van der Waals surface area contributed by atoms with E-state index < -0.39 is 5.97 Å². The molecule has 2 aromatic heterocycles. The molecule has 3 rings (SSSR count). The van der Waals surface area contributed by atoms with Gasteiger partial charge in [0.2, 0.25) is 5.91 Å². The summed E-state index contributed by atoms with van der Waals surface area (Å²) in [5.74, 6) is -0.910. The maximum absolute atomic E-state index is 12.3. The number of carbonyl (C=O) groups excluding carboxylic acids is 1. The molecule has 1 amide bonds. The van der Waals surface area contributed by atoms with E-state index in [0.717, 1.165) is 32.7 Å². The Bertz CT molecular complexity index is 690. The summed E-state index contributed by atoms with van der Waals surface area (Å²) < 4.78 is 1.51. The molecule has 0 saturated carbocycles. The second kappa shape index (κ2) is 7.59. The van der Waals surface area contributed by atoms with E-state index in [9.17, 15) is 9.59 Å². The number of hydrogen-bond acceptors (Lipinski definition) is 5. The minimum Gasteiger partial charge on any atom is -0.478 e. The lowest BCUT2D eigenvalue weighted by atomic mass is 10.2. The first kappa shape index (κ1) is 16.7. The Hall–Kier alpha value is -2.19. The smallest absolute Gasteiger partial charge is 0.338 e. The Balaban J connectivity index is 1.42. The lowest BCUT2D eigenvalue weighted by Gasteiger charge is -2.34. The average Bonchev–Trinajstić information content (AvgIpc) is 3.25. The van der Waals surface area contributed by atoms with Crippen LogP contribution in [0.4, 0.5) is 0 Å². The zero-order chi connectivity index (χ0) is 16.9. The van der Waals surface area contributed by atoms with Gasteiger partial charge in [-0.25, -0.2) is 4.79 Å². The van der Waals surface area contributed by atoms with E-state index in [-0.39, 0.29) is 11.5 Å². The van der Waals surface area contributed by atoms with Gasteiger partial charge >= 0.3 is 5.97 Å². The highest BCUT2D eigenvalue weighted by Gasteiger charge is 2.21. The Morgan fingerprint density at radius 1 is 1.25 bits per heavy atom. The first-order valence-corrected chi connectivity index (χ1v) is 8.78. The summed E-state index contributed by atoms with van der Waals surface area (Å²) in [6.45, 7) is 4.60. The molecule has 24 heavy (non-hydrogen) atoms. The van der Waals surface area contributed by atoms with Crippen molar-refractivity contribution in [2.24, 2.45) is 0 Å². The molecular weight excluding hydrogens is 328 g/mol. The van der Waals surface area contributed by atoms with Gasteiger partial charge in [-0.3, -0.25) is 14.4 Å². The van der Waals surface area contributed by atoms with Crippen LogP contribution in [0.3, 0.4) is 0 Å². The van der Waals surface area contributed by atoms with E-state index >= 15 is 0 Å². The molecule has 1 aliphatic rings. The van der Waals surface area contributed by atoms with E-state index in [2.05, 4.69) is 27.5 Å². The molecule has 0 radical (unpaired) electrons. The number of rotatable bonds is 6. The van der Waals surface area contributed by atoms with E-state index in [1.165, 1.54) is 22.0 Å². The van der Waals surface area contributed by atoms with Crippen LogP contribution in [0.25, 0.3) is 0 Å². The van der Waals surface area contributed by atoms with Crippen molar-refractivity contribution in [2.45, 2.75) is 19.5 Å². The second-order valence-electron chi connectivity index (χ2n) is 5.78. The Morgan fingerprint density at radius 2 is 2.04 bits per heavy atom. The predicted octanol–water partition coefficient (Wildman–Crippen LogP) is 1.38. The zero-order valence-electron chi connectivity index (χ0n) is 13.3. The summed E-state index contributed by atoms with van der Waals surface area (Å²) in [7, 11) is 0. The van der Waals surface area contributed by atoms with E-state index in [1.54, 1.807) is 11.3 Å². The molecule has 8 heteroatoms. The van der Waals surface area contributed by atoms with Gasteiger partial charge in [-0.15, -0.1) is 11.3 Å². The average molecular weight is 348 g/mol. The molecule has 0 spiro atoms. The number of thiophene rings is 1. The number of carbonyl (C=O) groups is 2. The van der Waals surface area contributed by atoms with Crippen LogP contribution in [0.2, 0.25) is 0 Å². The van der Waals surface area contributed by atoms with Gasteiger partial charge in [0.25, 0.3) is 0 Å². The van der Waals surface area contributed by atoms with Crippen molar-refractivity contribution in [2.75, 3.05) is 26.2 Å². The number of hydrogen-bond donors (Lipinski definition) is 1. The Labute approximate surface area is 144 Å². The van der Waals surface area contributed by atoms with Gasteiger partial charge in [0.15, 0.2) is 0 Å². The normalized spacial score (nSPS) is 15.6. The molecule has 0 aliphatic carbocycles. The molecular formula is C16H20N4O3S. The van der Waals surface area contributed by atoms with Crippen LogP contribution in [0, 0.1) is 0 Å². The van der Waals surface area contributed by atoms with Crippen LogP contribution in [0.5, 0.6) is 0 Å². The van der Waals surface area contributed by atoms with Gasteiger partial charge in [0.05, 0.1) is 11.8 Å². The summed E-state index contributed by atoms with van der Waals surface area (Å²) in [4.78, 5) is 28.7. The SMILES string of the molecule is O=C(O)c1cnn(CCC(=O)N2CCN(Cc3cccs3)CC2)c1. The quantitative estimate of drug-likeness (QED) is 0.853. The molecule has 1 N–H and O–H groups in total. The highest BCUT2D eigenvalue weighted by molar-refractivity contribution is 7.09. The zero-order valence-corrected chi connectivity index (χ0v) is 14.1. The van der Waals surface area contributed by atoms with Crippen LogP contribution >= 0.6 is 11.3 Å². The van der Waals surface area contributed by atoms with Gasteiger partial charge in [0, 0.05) is 56.8 Å². The van der Waals surface area contributed by atoms with Crippen molar-refractivity contribution >= 4 is 23.2 Å². The van der Waals surface area contributed by atoms with Crippen LogP contribution in [0.1, 0.15) is 21.7 Å². The molecule has 3 heterocycles. The summed E-state index contributed by atoms with van der Waals surface area (Å²) in [6.07, 6.45) is 3.09. The standard InChI is InChI=1S/C16H20N4O3S/c21-15(3-4-20-11-13(10-17-20)16(22)23)19-7-5-18(6-8-19)12-14-2-1-9-24-14/h1-2,9-11H,3-8,12H2,(H,22,23). The molecule has 0 atom stereocenters. The fourth-order valence-corrected chi connectivity index (χ4v) is 3.49. The number of carboxylic acid groups (broad SMARTS) is 1. The molecule has 0 unspecified atom stereocenters. The number of amides is 1. The molecule has 1 saturated heterocycles. The lowest BCUT2D eigenvalue weighted by Crippen LogP contribution is -2.48. The number of piperazine rings is 1. The van der Waals surface area contributed by atoms with Gasteiger partial charge in [0.1, 0.15) is 0 Å².